The van der Waals surface area contributed by atoms with Gasteiger partial charge in [0, 0.05) is 19.2 Å². The van der Waals surface area contributed by atoms with Crippen molar-refractivity contribution in [1.29, 1.82) is 0 Å². The lowest BCUT2D eigenvalue weighted by Gasteiger charge is -2.28. The second-order valence-electron chi connectivity index (χ2n) is 4.21. The van der Waals surface area contributed by atoms with Gasteiger partial charge in [0.1, 0.15) is 0 Å². The van der Waals surface area contributed by atoms with Gasteiger partial charge in [0.15, 0.2) is 0 Å². The molecule has 0 aliphatic carbocycles. The van der Waals surface area contributed by atoms with E-state index in [0.29, 0.717) is 13.0 Å². The molecule has 15 heavy (non-hydrogen) atoms. The molecule has 0 fully saturated rings. The van der Waals surface area contributed by atoms with Crippen molar-refractivity contribution in [3.8, 4) is 0 Å². The largest absolute Gasteiger partial charge is 0.396 e. The first kappa shape index (κ1) is 14.4. The Balaban J connectivity index is 4.31. The lowest BCUT2D eigenvalue weighted by Crippen LogP contribution is -2.47. The zero-order valence-electron chi connectivity index (χ0n) is 10.0. The fraction of sp³-hybridized carbons (Fsp3) is 0.909. The summed E-state index contributed by atoms with van der Waals surface area (Å²) in [6.07, 6.45) is 2.16. The first-order valence-electron chi connectivity index (χ1n) is 5.66. The first-order valence-corrected chi connectivity index (χ1v) is 5.66. The maximum Gasteiger partial charge on any atom is 0.227 e. The molecule has 0 bridgehead atoms. The van der Waals surface area contributed by atoms with E-state index in [2.05, 4.69) is 5.32 Å². The maximum absolute atomic E-state index is 11.9. The van der Waals surface area contributed by atoms with Crippen LogP contribution in [-0.4, -0.2) is 30.2 Å². The van der Waals surface area contributed by atoms with E-state index in [9.17, 15) is 4.79 Å². The van der Waals surface area contributed by atoms with E-state index in [1.54, 1.807) is 0 Å². The molecule has 0 saturated carbocycles. The molecule has 2 atom stereocenters. The van der Waals surface area contributed by atoms with Crippen LogP contribution >= 0.6 is 0 Å². The Morgan fingerprint density at radius 3 is 2.47 bits per heavy atom. The summed E-state index contributed by atoms with van der Waals surface area (Å²) in [5.74, 6) is -0.00667. The van der Waals surface area contributed by atoms with E-state index in [1.165, 1.54) is 0 Å². The maximum atomic E-state index is 11.9. The van der Waals surface area contributed by atoms with E-state index in [4.69, 9.17) is 10.8 Å². The molecule has 2 unspecified atom stereocenters. The number of carbonyl (C=O) groups excluding carboxylic acids is 1. The van der Waals surface area contributed by atoms with Crippen molar-refractivity contribution in [3.63, 3.8) is 0 Å². The molecule has 0 saturated heterocycles. The van der Waals surface area contributed by atoms with Crippen LogP contribution in [0.2, 0.25) is 0 Å². The lowest BCUT2D eigenvalue weighted by atomic mass is 9.86. The Labute approximate surface area is 92.2 Å². The zero-order valence-corrected chi connectivity index (χ0v) is 10.0. The van der Waals surface area contributed by atoms with Gasteiger partial charge in [-0.25, -0.2) is 0 Å². The van der Waals surface area contributed by atoms with E-state index in [-0.39, 0.29) is 18.6 Å². The van der Waals surface area contributed by atoms with Gasteiger partial charge in [0.2, 0.25) is 5.91 Å². The van der Waals surface area contributed by atoms with Gasteiger partial charge in [-0.3, -0.25) is 4.79 Å². The normalized spacial score (nSPS) is 16.9. The zero-order chi connectivity index (χ0) is 11.9. The van der Waals surface area contributed by atoms with Crippen molar-refractivity contribution in [2.45, 2.75) is 46.1 Å². The lowest BCUT2D eigenvalue weighted by molar-refractivity contribution is -0.130. The van der Waals surface area contributed by atoms with E-state index in [1.807, 2.05) is 20.8 Å². The van der Waals surface area contributed by atoms with E-state index >= 15 is 0 Å². The number of amides is 1. The van der Waals surface area contributed by atoms with Gasteiger partial charge in [-0.05, 0) is 26.2 Å². The van der Waals surface area contributed by atoms with Gasteiger partial charge in [0.25, 0.3) is 0 Å². The summed E-state index contributed by atoms with van der Waals surface area (Å²) in [4.78, 5) is 11.9. The van der Waals surface area contributed by atoms with Gasteiger partial charge in [-0.15, -0.1) is 0 Å². The molecule has 0 spiro atoms. The molecule has 4 N–H and O–H groups in total. The highest BCUT2D eigenvalue weighted by molar-refractivity contribution is 5.82. The minimum absolute atomic E-state index is 0.00667. The highest BCUT2D eigenvalue weighted by Crippen LogP contribution is 2.19. The third kappa shape index (κ3) is 4.18. The Bertz CT molecular complexity index is 191. The predicted octanol–water partition coefficient (Wildman–Crippen LogP) is 0.639. The number of nitrogens with one attached hydrogen (secondary N) is 1. The van der Waals surface area contributed by atoms with Crippen LogP contribution in [0.3, 0.4) is 0 Å². The van der Waals surface area contributed by atoms with Crippen molar-refractivity contribution >= 4 is 5.91 Å². The molecular weight excluding hydrogens is 192 g/mol. The predicted molar refractivity (Wildman–Crippen MR) is 61.4 cm³/mol. The molecule has 1 amide bonds. The fourth-order valence-electron chi connectivity index (χ4n) is 1.29. The molecule has 4 nitrogen and oxygen atoms in total. The Morgan fingerprint density at radius 2 is 2.13 bits per heavy atom. The van der Waals surface area contributed by atoms with Gasteiger partial charge in [-0.1, -0.05) is 13.8 Å². The number of rotatable bonds is 7. The minimum atomic E-state index is -0.483. The third-order valence-corrected chi connectivity index (χ3v) is 3.08. The van der Waals surface area contributed by atoms with Crippen molar-refractivity contribution in [2.24, 2.45) is 11.1 Å². The Hall–Kier alpha value is -0.610. The van der Waals surface area contributed by atoms with Gasteiger partial charge < -0.3 is 16.2 Å². The van der Waals surface area contributed by atoms with Crippen molar-refractivity contribution < 1.29 is 9.90 Å². The van der Waals surface area contributed by atoms with Gasteiger partial charge in [0.05, 0.1) is 5.41 Å². The summed E-state index contributed by atoms with van der Waals surface area (Å²) in [7, 11) is 0. The SMILES string of the molecule is CCC(CCO)NC(=O)C(C)(CC)CN. The molecule has 0 aromatic carbocycles. The number of hydrogen-bond acceptors (Lipinski definition) is 3. The number of aliphatic hydroxyl groups excluding tert-OH is 1. The van der Waals surface area contributed by atoms with Crippen LogP contribution in [0.1, 0.15) is 40.0 Å². The van der Waals surface area contributed by atoms with Gasteiger partial charge >= 0.3 is 0 Å². The van der Waals surface area contributed by atoms with Crippen molar-refractivity contribution in [2.75, 3.05) is 13.2 Å². The molecule has 0 heterocycles. The summed E-state index contributed by atoms with van der Waals surface area (Å²) in [6, 6.07) is 0.0555. The van der Waals surface area contributed by atoms with Crippen molar-refractivity contribution in [1.82, 2.24) is 5.32 Å². The molecular formula is C11H24N2O2. The summed E-state index contributed by atoms with van der Waals surface area (Å²) >= 11 is 0. The molecule has 0 rings (SSSR count). The highest BCUT2D eigenvalue weighted by atomic mass is 16.3. The van der Waals surface area contributed by atoms with Crippen LogP contribution < -0.4 is 11.1 Å². The minimum Gasteiger partial charge on any atom is -0.396 e. The van der Waals surface area contributed by atoms with Crippen LogP contribution in [0.25, 0.3) is 0 Å². The van der Waals surface area contributed by atoms with E-state index in [0.717, 1.165) is 12.8 Å². The Kier molecular flexibility index (Phi) is 6.52. The molecule has 0 radical (unpaired) electrons. The number of nitrogens with two attached hydrogens (primary N) is 1. The summed E-state index contributed by atoms with van der Waals surface area (Å²) in [5, 5.41) is 11.8. The van der Waals surface area contributed by atoms with Crippen LogP contribution in [0.15, 0.2) is 0 Å². The second kappa shape index (κ2) is 6.80. The average molecular weight is 216 g/mol. The summed E-state index contributed by atoms with van der Waals surface area (Å²) < 4.78 is 0. The molecule has 0 aromatic heterocycles. The van der Waals surface area contributed by atoms with Gasteiger partial charge in [-0.2, -0.15) is 0 Å². The highest BCUT2D eigenvalue weighted by Gasteiger charge is 2.30. The van der Waals surface area contributed by atoms with Crippen LogP contribution in [0.5, 0.6) is 0 Å². The summed E-state index contributed by atoms with van der Waals surface area (Å²) in [6.45, 7) is 6.27. The fourth-order valence-corrected chi connectivity index (χ4v) is 1.29. The standard InChI is InChI=1S/C11H24N2O2/c1-4-9(6-7-14)13-10(15)11(3,5-2)8-12/h9,14H,4-8,12H2,1-3H3,(H,13,15). The molecule has 90 valence electrons. The third-order valence-electron chi connectivity index (χ3n) is 3.08. The van der Waals surface area contributed by atoms with Crippen molar-refractivity contribution in [3.05, 3.63) is 0 Å². The molecule has 0 aliphatic heterocycles. The number of aliphatic hydroxyl groups is 1. The van der Waals surface area contributed by atoms with Crippen LogP contribution in [-0.2, 0) is 4.79 Å². The topological polar surface area (TPSA) is 75.3 Å². The quantitative estimate of drug-likeness (QED) is 0.584. The smallest absolute Gasteiger partial charge is 0.227 e. The number of hydrogen-bond donors (Lipinski definition) is 3. The monoisotopic (exact) mass is 216 g/mol. The Morgan fingerprint density at radius 1 is 1.53 bits per heavy atom. The summed E-state index contributed by atoms with van der Waals surface area (Å²) in [5.41, 5.74) is 5.12. The molecule has 0 aliphatic rings. The molecule has 4 heteroatoms. The van der Waals surface area contributed by atoms with E-state index < -0.39 is 5.41 Å². The van der Waals surface area contributed by atoms with Crippen LogP contribution in [0.4, 0.5) is 0 Å². The van der Waals surface area contributed by atoms with Crippen LogP contribution in [0, 0.1) is 5.41 Å². The second-order valence-corrected chi connectivity index (χ2v) is 4.21. The first-order chi connectivity index (χ1) is 7.03. The molecule has 0 aromatic rings. The average Bonchev–Trinajstić information content (AvgIpc) is 2.27. The number of carbonyl (C=O) groups is 1.